The zero-order chi connectivity index (χ0) is 19.0. The third kappa shape index (κ3) is 2.77. The van der Waals surface area contributed by atoms with E-state index >= 15 is 0 Å². The first-order chi connectivity index (χ1) is 13.1. The Labute approximate surface area is 153 Å². The summed E-state index contributed by atoms with van der Waals surface area (Å²) in [5.41, 5.74) is 7.90. The summed E-state index contributed by atoms with van der Waals surface area (Å²) in [6.07, 6.45) is 0. The molecule has 0 spiro atoms. The first-order valence-corrected chi connectivity index (χ1v) is 7.93. The lowest BCUT2D eigenvalue weighted by atomic mass is 9.97. The van der Waals surface area contributed by atoms with E-state index in [-0.39, 0.29) is 23.9 Å². The van der Waals surface area contributed by atoms with Crippen molar-refractivity contribution in [3.63, 3.8) is 0 Å². The van der Waals surface area contributed by atoms with Crippen molar-refractivity contribution in [2.24, 2.45) is 0 Å². The van der Waals surface area contributed by atoms with Crippen LogP contribution in [-0.4, -0.2) is 16.7 Å². The Morgan fingerprint density at radius 2 is 1.89 bits per heavy atom. The van der Waals surface area contributed by atoms with Crippen molar-refractivity contribution in [1.29, 1.82) is 5.26 Å². The third-order valence-corrected chi connectivity index (χ3v) is 4.22. The maximum absolute atomic E-state index is 11.3. The van der Waals surface area contributed by atoms with E-state index in [1.54, 1.807) is 42.5 Å². The molecule has 132 valence electrons. The average Bonchev–Trinajstić information content (AvgIpc) is 3.15. The number of fused-ring (bicyclic) bond motifs is 1. The van der Waals surface area contributed by atoms with Gasteiger partial charge < -0.3 is 15.2 Å². The number of hydrogen-bond donors (Lipinski definition) is 1. The Kier molecular flexibility index (Phi) is 3.82. The number of aromatic nitrogens is 1. The molecule has 0 atom stereocenters. The van der Waals surface area contributed by atoms with Gasteiger partial charge in [0.25, 0.3) is 5.69 Å². The zero-order valence-corrected chi connectivity index (χ0v) is 13.9. The maximum Gasteiger partial charge on any atom is 0.278 e. The molecule has 0 aliphatic carbocycles. The van der Waals surface area contributed by atoms with Gasteiger partial charge in [0.05, 0.1) is 16.2 Å². The number of nitrogens with zero attached hydrogens (tertiary/aromatic N) is 3. The topological polar surface area (TPSA) is 124 Å². The number of ether oxygens (including phenoxy) is 2. The van der Waals surface area contributed by atoms with E-state index in [1.165, 1.54) is 6.07 Å². The predicted octanol–water partition coefficient (Wildman–Crippen LogP) is 3.51. The highest BCUT2D eigenvalue weighted by Gasteiger charge is 2.21. The van der Waals surface area contributed by atoms with Gasteiger partial charge in [-0.3, -0.25) is 10.1 Å². The van der Waals surface area contributed by atoms with Gasteiger partial charge in [0.15, 0.2) is 11.5 Å². The highest BCUT2D eigenvalue weighted by molar-refractivity contribution is 5.83. The maximum atomic E-state index is 11.3. The Bertz CT molecular complexity index is 1120. The number of nitrogen functional groups attached to an aromatic ring is 1. The van der Waals surface area contributed by atoms with Crippen LogP contribution in [0.25, 0.3) is 22.4 Å². The normalized spacial score (nSPS) is 11.8. The molecule has 0 fully saturated rings. The van der Waals surface area contributed by atoms with Crippen LogP contribution in [0.2, 0.25) is 0 Å². The van der Waals surface area contributed by atoms with Crippen LogP contribution in [0.5, 0.6) is 11.5 Å². The quantitative estimate of drug-likeness (QED) is 0.560. The summed E-state index contributed by atoms with van der Waals surface area (Å²) in [7, 11) is 0. The molecule has 0 radical (unpaired) electrons. The SMILES string of the molecule is N#Cc1c(-c2ccc3c(c2)OCO3)cc(-c2ccccc2[N+](=O)[O-])nc1N. The van der Waals surface area contributed by atoms with E-state index in [1.807, 2.05) is 0 Å². The molecule has 0 bridgehead atoms. The molecule has 1 aliphatic rings. The van der Waals surface area contributed by atoms with Crippen molar-refractivity contribution in [1.82, 2.24) is 4.98 Å². The largest absolute Gasteiger partial charge is 0.454 e. The number of nitro benzene ring substituents is 1. The number of benzene rings is 2. The minimum atomic E-state index is -0.480. The summed E-state index contributed by atoms with van der Waals surface area (Å²) in [6, 6.07) is 15.2. The fourth-order valence-electron chi connectivity index (χ4n) is 2.96. The van der Waals surface area contributed by atoms with E-state index in [0.717, 1.165) is 0 Å². The molecular formula is C19H12N4O4. The summed E-state index contributed by atoms with van der Waals surface area (Å²) < 4.78 is 10.7. The van der Waals surface area contributed by atoms with Gasteiger partial charge in [0, 0.05) is 11.6 Å². The summed E-state index contributed by atoms with van der Waals surface area (Å²) in [6.45, 7) is 0.129. The van der Waals surface area contributed by atoms with Crippen molar-refractivity contribution >= 4 is 11.5 Å². The summed E-state index contributed by atoms with van der Waals surface area (Å²) in [4.78, 5) is 15.1. The Hall–Kier alpha value is -4.12. The number of anilines is 1. The third-order valence-electron chi connectivity index (χ3n) is 4.22. The Morgan fingerprint density at radius 3 is 2.67 bits per heavy atom. The van der Waals surface area contributed by atoms with Crippen molar-refractivity contribution in [3.8, 4) is 40.0 Å². The number of rotatable bonds is 3. The molecular weight excluding hydrogens is 348 g/mol. The number of nitrogens with two attached hydrogens (primary N) is 1. The van der Waals surface area contributed by atoms with Crippen molar-refractivity contribution < 1.29 is 14.4 Å². The molecule has 4 rings (SSSR count). The summed E-state index contributed by atoms with van der Waals surface area (Å²) in [5.74, 6) is 1.16. The first kappa shape index (κ1) is 16.4. The van der Waals surface area contributed by atoms with E-state index in [0.29, 0.717) is 33.9 Å². The number of nitriles is 1. The summed E-state index contributed by atoms with van der Waals surface area (Å²) >= 11 is 0. The predicted molar refractivity (Wildman–Crippen MR) is 97.0 cm³/mol. The Morgan fingerprint density at radius 1 is 1.11 bits per heavy atom. The van der Waals surface area contributed by atoms with E-state index in [9.17, 15) is 15.4 Å². The molecule has 2 heterocycles. The van der Waals surface area contributed by atoms with Crippen LogP contribution in [0.4, 0.5) is 11.5 Å². The monoisotopic (exact) mass is 360 g/mol. The molecule has 1 aliphatic heterocycles. The number of para-hydroxylation sites is 1. The molecule has 2 aromatic carbocycles. The van der Waals surface area contributed by atoms with Gasteiger partial charge in [-0.05, 0) is 29.8 Å². The van der Waals surface area contributed by atoms with Crippen molar-refractivity contribution in [3.05, 3.63) is 64.2 Å². The lowest BCUT2D eigenvalue weighted by Crippen LogP contribution is -2.01. The lowest BCUT2D eigenvalue weighted by molar-refractivity contribution is -0.384. The van der Waals surface area contributed by atoms with Crippen LogP contribution < -0.4 is 15.2 Å². The van der Waals surface area contributed by atoms with E-state index in [2.05, 4.69) is 11.1 Å². The Balaban J connectivity index is 1.93. The number of nitro groups is 1. The number of pyridine rings is 1. The molecule has 8 heteroatoms. The van der Waals surface area contributed by atoms with Gasteiger partial charge in [0.1, 0.15) is 17.5 Å². The highest BCUT2D eigenvalue weighted by Crippen LogP contribution is 2.39. The fourth-order valence-corrected chi connectivity index (χ4v) is 2.96. The average molecular weight is 360 g/mol. The molecule has 8 nitrogen and oxygen atoms in total. The van der Waals surface area contributed by atoms with Gasteiger partial charge >= 0.3 is 0 Å². The van der Waals surface area contributed by atoms with Gasteiger partial charge in [0.2, 0.25) is 6.79 Å². The van der Waals surface area contributed by atoms with E-state index in [4.69, 9.17) is 15.2 Å². The first-order valence-electron chi connectivity index (χ1n) is 7.93. The van der Waals surface area contributed by atoms with Gasteiger partial charge in [-0.1, -0.05) is 18.2 Å². The minimum Gasteiger partial charge on any atom is -0.454 e. The van der Waals surface area contributed by atoms with Crippen molar-refractivity contribution in [2.45, 2.75) is 0 Å². The molecule has 2 N–H and O–H groups in total. The van der Waals surface area contributed by atoms with Crippen LogP contribution in [0.3, 0.4) is 0 Å². The van der Waals surface area contributed by atoms with Crippen LogP contribution in [0.15, 0.2) is 48.5 Å². The molecule has 1 aromatic heterocycles. The van der Waals surface area contributed by atoms with Gasteiger partial charge in [-0.2, -0.15) is 5.26 Å². The minimum absolute atomic E-state index is 0.000757. The molecule has 3 aromatic rings. The van der Waals surface area contributed by atoms with Gasteiger partial charge in [-0.25, -0.2) is 4.98 Å². The second kappa shape index (κ2) is 6.31. The molecule has 0 saturated carbocycles. The zero-order valence-electron chi connectivity index (χ0n) is 13.9. The second-order valence-electron chi connectivity index (χ2n) is 5.77. The fraction of sp³-hybridized carbons (Fsp3) is 0.0526. The molecule has 0 unspecified atom stereocenters. The highest BCUT2D eigenvalue weighted by atomic mass is 16.7. The molecule has 0 amide bonds. The molecule has 27 heavy (non-hydrogen) atoms. The van der Waals surface area contributed by atoms with Crippen LogP contribution in [0, 0.1) is 21.4 Å². The standard InChI is InChI=1S/C19H12N4O4/c20-9-14-13(11-5-6-17-18(7-11)27-10-26-17)8-15(22-19(14)21)12-3-1-2-4-16(12)23(24)25/h1-8H,10H2,(H2,21,22). The smallest absolute Gasteiger partial charge is 0.278 e. The number of hydrogen-bond acceptors (Lipinski definition) is 7. The van der Waals surface area contributed by atoms with Crippen LogP contribution in [0.1, 0.15) is 5.56 Å². The van der Waals surface area contributed by atoms with Crippen LogP contribution in [-0.2, 0) is 0 Å². The van der Waals surface area contributed by atoms with Gasteiger partial charge in [-0.15, -0.1) is 0 Å². The second-order valence-corrected chi connectivity index (χ2v) is 5.77. The van der Waals surface area contributed by atoms with Crippen molar-refractivity contribution in [2.75, 3.05) is 12.5 Å². The lowest BCUT2D eigenvalue weighted by Gasteiger charge is -2.11. The van der Waals surface area contributed by atoms with E-state index < -0.39 is 4.92 Å². The molecule has 0 saturated heterocycles. The van der Waals surface area contributed by atoms with Crippen LogP contribution >= 0.6 is 0 Å². The summed E-state index contributed by atoms with van der Waals surface area (Å²) in [5, 5.41) is 20.9.